The minimum atomic E-state index is -0.408. The number of hydrogen-bond donors (Lipinski definition) is 1. The van der Waals surface area contributed by atoms with Crippen LogP contribution in [0.25, 0.3) is 0 Å². The van der Waals surface area contributed by atoms with Crippen molar-refractivity contribution in [1.82, 2.24) is 5.32 Å². The summed E-state index contributed by atoms with van der Waals surface area (Å²) in [4.78, 5) is 0. The molecule has 0 aromatic rings. The van der Waals surface area contributed by atoms with Gasteiger partial charge in [-0.1, -0.05) is 20.3 Å². The summed E-state index contributed by atoms with van der Waals surface area (Å²) < 4.78 is 11.0. The third-order valence-electron chi connectivity index (χ3n) is 3.29. The number of hydrogen-bond acceptors (Lipinski definition) is 4. The normalized spacial score (nSPS) is 14.2. The molecule has 1 atom stereocenters. The average molecular weight is 284 g/mol. The highest BCUT2D eigenvalue weighted by atomic mass is 16.5. The number of nitrogens with zero attached hydrogens (tertiary/aromatic N) is 1. The van der Waals surface area contributed by atoms with E-state index >= 15 is 0 Å². The van der Waals surface area contributed by atoms with Crippen LogP contribution in [-0.4, -0.2) is 38.0 Å². The molecule has 0 rings (SSSR count). The van der Waals surface area contributed by atoms with E-state index in [0.29, 0.717) is 25.9 Å². The van der Waals surface area contributed by atoms with Crippen molar-refractivity contribution in [3.63, 3.8) is 0 Å². The summed E-state index contributed by atoms with van der Waals surface area (Å²) in [5, 5.41) is 12.8. The highest BCUT2D eigenvalue weighted by Gasteiger charge is 2.27. The molecule has 1 N–H and O–H groups in total. The molecule has 0 heterocycles. The molecule has 1 unspecified atom stereocenters. The zero-order valence-corrected chi connectivity index (χ0v) is 13.7. The lowest BCUT2D eigenvalue weighted by Gasteiger charge is -2.29. The molecule has 0 saturated carbocycles. The summed E-state index contributed by atoms with van der Waals surface area (Å²) >= 11 is 0. The van der Waals surface area contributed by atoms with E-state index in [1.165, 1.54) is 0 Å². The minimum absolute atomic E-state index is 0.322. The molecule has 0 bridgehead atoms. The summed E-state index contributed by atoms with van der Waals surface area (Å²) in [5.74, 6) is 0. The molecule has 0 amide bonds. The van der Waals surface area contributed by atoms with Gasteiger partial charge in [-0.05, 0) is 39.5 Å². The Morgan fingerprint density at radius 1 is 1.05 bits per heavy atom. The van der Waals surface area contributed by atoms with Crippen LogP contribution in [0, 0.1) is 11.3 Å². The van der Waals surface area contributed by atoms with Crippen LogP contribution < -0.4 is 5.32 Å². The number of nitriles is 1. The van der Waals surface area contributed by atoms with Gasteiger partial charge < -0.3 is 9.47 Å². The van der Waals surface area contributed by atoms with Crippen LogP contribution in [0.4, 0.5) is 0 Å². The third-order valence-corrected chi connectivity index (χ3v) is 3.29. The summed E-state index contributed by atoms with van der Waals surface area (Å²) in [7, 11) is 0. The largest absolute Gasteiger partial charge is 0.379 e. The Bertz CT molecular complexity index is 264. The van der Waals surface area contributed by atoms with Gasteiger partial charge in [0.05, 0.1) is 19.3 Å². The maximum atomic E-state index is 9.38. The zero-order valence-electron chi connectivity index (χ0n) is 13.7. The van der Waals surface area contributed by atoms with Crippen molar-refractivity contribution < 1.29 is 9.47 Å². The molecular weight excluding hydrogens is 252 g/mol. The third kappa shape index (κ3) is 9.30. The van der Waals surface area contributed by atoms with Crippen molar-refractivity contribution in [3.8, 4) is 6.07 Å². The summed E-state index contributed by atoms with van der Waals surface area (Å²) in [6.07, 6.45) is 4.83. The van der Waals surface area contributed by atoms with Gasteiger partial charge in [-0.25, -0.2) is 0 Å². The summed E-state index contributed by atoms with van der Waals surface area (Å²) in [6, 6.07) is 2.75. The second-order valence-electron chi connectivity index (χ2n) is 5.53. The van der Waals surface area contributed by atoms with Crippen molar-refractivity contribution in [2.45, 2.75) is 71.4 Å². The van der Waals surface area contributed by atoms with Gasteiger partial charge in [0.1, 0.15) is 5.54 Å². The van der Waals surface area contributed by atoms with E-state index in [0.717, 1.165) is 38.7 Å². The van der Waals surface area contributed by atoms with Gasteiger partial charge in [0.2, 0.25) is 0 Å². The van der Waals surface area contributed by atoms with E-state index in [4.69, 9.17) is 9.47 Å². The first-order valence-corrected chi connectivity index (χ1v) is 7.94. The first-order valence-electron chi connectivity index (χ1n) is 7.94. The molecule has 0 aromatic carbocycles. The standard InChI is InChI=1S/C16H32N2O2/c1-5-7-10-19-12-13-20-11-8-9-16(6-2,14-17)18-15(3)4/h15,18H,5-13H2,1-4H3. The van der Waals surface area contributed by atoms with Crippen LogP contribution in [0.2, 0.25) is 0 Å². The van der Waals surface area contributed by atoms with E-state index in [1.54, 1.807) is 0 Å². The minimum Gasteiger partial charge on any atom is -0.379 e. The molecule has 0 spiro atoms. The van der Waals surface area contributed by atoms with Gasteiger partial charge in [0, 0.05) is 19.3 Å². The van der Waals surface area contributed by atoms with Gasteiger partial charge in [0.15, 0.2) is 0 Å². The highest BCUT2D eigenvalue weighted by molar-refractivity contribution is 5.06. The Labute approximate surface area is 124 Å². The summed E-state index contributed by atoms with van der Waals surface area (Å²) in [6.45, 7) is 11.2. The molecule has 20 heavy (non-hydrogen) atoms. The van der Waals surface area contributed by atoms with Crippen molar-refractivity contribution in [3.05, 3.63) is 0 Å². The maximum absolute atomic E-state index is 9.38. The topological polar surface area (TPSA) is 54.3 Å². The lowest BCUT2D eigenvalue weighted by atomic mass is 9.91. The zero-order chi connectivity index (χ0) is 15.3. The molecular formula is C16H32N2O2. The van der Waals surface area contributed by atoms with E-state index in [-0.39, 0.29) is 0 Å². The average Bonchev–Trinajstić information content (AvgIpc) is 2.44. The van der Waals surface area contributed by atoms with E-state index in [9.17, 15) is 5.26 Å². The van der Waals surface area contributed by atoms with Crippen LogP contribution in [0.15, 0.2) is 0 Å². The van der Waals surface area contributed by atoms with Crippen molar-refractivity contribution in [1.29, 1.82) is 5.26 Å². The van der Waals surface area contributed by atoms with Crippen LogP contribution >= 0.6 is 0 Å². The Balaban J connectivity index is 3.67. The lowest BCUT2D eigenvalue weighted by Crippen LogP contribution is -2.47. The quantitative estimate of drug-likeness (QED) is 0.527. The number of nitrogens with one attached hydrogen (secondary N) is 1. The van der Waals surface area contributed by atoms with Crippen LogP contribution in [0.1, 0.15) is 59.8 Å². The second kappa shape index (κ2) is 12.1. The van der Waals surface area contributed by atoms with E-state index < -0.39 is 5.54 Å². The Kier molecular flexibility index (Phi) is 11.8. The second-order valence-corrected chi connectivity index (χ2v) is 5.53. The van der Waals surface area contributed by atoms with Crippen LogP contribution in [-0.2, 0) is 9.47 Å². The Morgan fingerprint density at radius 3 is 2.10 bits per heavy atom. The fourth-order valence-corrected chi connectivity index (χ4v) is 2.12. The fourth-order valence-electron chi connectivity index (χ4n) is 2.12. The molecule has 4 nitrogen and oxygen atoms in total. The monoisotopic (exact) mass is 284 g/mol. The van der Waals surface area contributed by atoms with Crippen molar-refractivity contribution in [2.24, 2.45) is 0 Å². The number of rotatable bonds is 13. The van der Waals surface area contributed by atoms with Gasteiger partial charge in [-0.15, -0.1) is 0 Å². The molecule has 4 heteroatoms. The fraction of sp³-hybridized carbons (Fsp3) is 0.938. The molecule has 0 aliphatic heterocycles. The van der Waals surface area contributed by atoms with Crippen molar-refractivity contribution in [2.75, 3.05) is 26.4 Å². The predicted molar refractivity (Wildman–Crippen MR) is 82.7 cm³/mol. The molecule has 0 aliphatic carbocycles. The van der Waals surface area contributed by atoms with Gasteiger partial charge in [0.25, 0.3) is 0 Å². The van der Waals surface area contributed by atoms with E-state index in [2.05, 4.69) is 39.1 Å². The highest BCUT2D eigenvalue weighted by Crippen LogP contribution is 2.17. The SMILES string of the molecule is CCCCOCCOCCCC(C#N)(CC)NC(C)C. The predicted octanol–water partition coefficient (Wildman–Crippen LogP) is 3.27. The summed E-state index contributed by atoms with van der Waals surface area (Å²) in [5.41, 5.74) is -0.408. The molecule has 0 fully saturated rings. The lowest BCUT2D eigenvalue weighted by molar-refractivity contribution is 0.0439. The van der Waals surface area contributed by atoms with Crippen LogP contribution in [0.3, 0.4) is 0 Å². The Morgan fingerprint density at radius 2 is 1.65 bits per heavy atom. The van der Waals surface area contributed by atoms with Crippen molar-refractivity contribution >= 4 is 0 Å². The first kappa shape index (κ1) is 19.4. The maximum Gasteiger partial charge on any atom is 0.106 e. The molecule has 0 aromatic heterocycles. The molecule has 0 saturated heterocycles. The smallest absolute Gasteiger partial charge is 0.106 e. The van der Waals surface area contributed by atoms with E-state index in [1.807, 2.05) is 0 Å². The molecule has 0 aliphatic rings. The van der Waals surface area contributed by atoms with Gasteiger partial charge >= 0.3 is 0 Å². The number of ether oxygens (including phenoxy) is 2. The molecule has 118 valence electrons. The van der Waals surface area contributed by atoms with Gasteiger partial charge in [-0.2, -0.15) is 5.26 Å². The molecule has 0 radical (unpaired) electrons. The Hall–Kier alpha value is -0.630. The van der Waals surface area contributed by atoms with Crippen LogP contribution in [0.5, 0.6) is 0 Å². The number of unbranched alkanes of at least 4 members (excludes halogenated alkanes) is 1. The van der Waals surface area contributed by atoms with Gasteiger partial charge in [-0.3, -0.25) is 5.32 Å². The first-order chi connectivity index (χ1) is 9.60.